The van der Waals surface area contributed by atoms with Gasteiger partial charge in [0, 0.05) is 0 Å². The monoisotopic (exact) mass is 325 g/mol. The highest BCUT2D eigenvalue weighted by Crippen LogP contribution is 2.31. The lowest BCUT2D eigenvalue weighted by Gasteiger charge is -2.40. The van der Waals surface area contributed by atoms with Crippen molar-refractivity contribution in [1.82, 2.24) is 10.2 Å². The van der Waals surface area contributed by atoms with E-state index in [9.17, 15) is 10.1 Å². The molecule has 0 spiro atoms. The maximum Gasteiger partial charge on any atom is 0.238 e. The van der Waals surface area contributed by atoms with Crippen molar-refractivity contribution in [2.24, 2.45) is 5.92 Å². The van der Waals surface area contributed by atoms with Crippen LogP contribution < -0.4 is 5.32 Å². The first-order valence-electron chi connectivity index (χ1n) is 9.13. The quantitative estimate of drug-likeness (QED) is 0.905. The lowest BCUT2D eigenvalue weighted by Crippen LogP contribution is -2.58. The highest BCUT2D eigenvalue weighted by Gasteiger charge is 2.40. The molecule has 1 aliphatic heterocycles. The van der Waals surface area contributed by atoms with E-state index in [1.807, 2.05) is 6.92 Å². The molecule has 0 bridgehead atoms. The number of piperidine rings is 1. The number of likely N-dealkylation sites (tertiary alicyclic amines) is 1. The fourth-order valence-electron chi connectivity index (χ4n) is 3.79. The highest BCUT2D eigenvalue weighted by molar-refractivity contribution is 5.82. The first-order chi connectivity index (χ1) is 11.6. The average Bonchev–Trinajstić information content (AvgIpc) is 2.59. The molecule has 4 nitrogen and oxygen atoms in total. The van der Waals surface area contributed by atoms with Crippen LogP contribution >= 0.6 is 0 Å². The molecular formula is C20H27N3O. The maximum atomic E-state index is 12.5. The molecule has 1 atom stereocenters. The number of carbonyl (C=O) groups excluding carboxylic acids is 1. The summed E-state index contributed by atoms with van der Waals surface area (Å²) in [6, 6.07) is 12.8. The third kappa shape index (κ3) is 3.79. The normalized spacial score (nSPS) is 22.2. The van der Waals surface area contributed by atoms with E-state index in [4.69, 9.17) is 0 Å². The topological polar surface area (TPSA) is 56.1 Å². The van der Waals surface area contributed by atoms with Gasteiger partial charge in [-0.1, -0.05) is 30.3 Å². The molecule has 4 heteroatoms. The molecule has 1 saturated carbocycles. The summed E-state index contributed by atoms with van der Waals surface area (Å²) in [5, 5.41) is 12.3. The third-order valence-corrected chi connectivity index (χ3v) is 5.73. The predicted molar refractivity (Wildman–Crippen MR) is 94.2 cm³/mol. The molecule has 0 aromatic heterocycles. The van der Waals surface area contributed by atoms with Crippen molar-refractivity contribution >= 4 is 5.91 Å². The van der Waals surface area contributed by atoms with Crippen molar-refractivity contribution in [1.29, 1.82) is 5.26 Å². The summed E-state index contributed by atoms with van der Waals surface area (Å²) in [6.45, 7) is 3.90. The van der Waals surface area contributed by atoms with Crippen molar-refractivity contribution in [3.8, 4) is 6.07 Å². The van der Waals surface area contributed by atoms with Crippen LogP contribution in [-0.4, -0.2) is 35.5 Å². The number of hydrogen-bond acceptors (Lipinski definition) is 3. The minimum absolute atomic E-state index is 0.0118. The molecule has 2 aliphatic rings. The van der Waals surface area contributed by atoms with E-state index in [1.165, 1.54) is 5.56 Å². The summed E-state index contributed by atoms with van der Waals surface area (Å²) in [4.78, 5) is 14.7. The molecule has 1 amide bonds. The fraction of sp³-hybridized carbons (Fsp3) is 0.600. The van der Waals surface area contributed by atoms with Crippen LogP contribution in [0.2, 0.25) is 0 Å². The number of nitrogens with one attached hydrogen (secondary N) is 1. The Labute approximate surface area is 144 Å². The molecule has 1 saturated heterocycles. The van der Waals surface area contributed by atoms with Gasteiger partial charge in [0.1, 0.15) is 5.54 Å². The Bertz CT molecular complexity index is 595. The van der Waals surface area contributed by atoms with E-state index < -0.39 is 5.54 Å². The first-order valence-corrected chi connectivity index (χ1v) is 9.13. The second kappa shape index (κ2) is 7.36. The molecule has 128 valence electrons. The second-order valence-corrected chi connectivity index (χ2v) is 7.38. The Morgan fingerprint density at radius 3 is 2.54 bits per heavy atom. The van der Waals surface area contributed by atoms with E-state index in [0.29, 0.717) is 5.92 Å². The average molecular weight is 325 g/mol. The number of amides is 1. The Kier molecular flexibility index (Phi) is 5.20. The van der Waals surface area contributed by atoms with Crippen LogP contribution in [0.1, 0.15) is 44.6 Å². The fourth-order valence-corrected chi connectivity index (χ4v) is 3.79. The number of rotatable bonds is 5. The molecule has 1 aromatic rings. The van der Waals surface area contributed by atoms with Gasteiger partial charge in [-0.25, -0.2) is 0 Å². The molecule has 0 radical (unpaired) electrons. The summed E-state index contributed by atoms with van der Waals surface area (Å²) >= 11 is 0. The summed E-state index contributed by atoms with van der Waals surface area (Å²) < 4.78 is 0. The van der Waals surface area contributed by atoms with Crippen LogP contribution in [-0.2, 0) is 11.2 Å². The molecule has 1 aromatic carbocycles. The summed E-state index contributed by atoms with van der Waals surface area (Å²) in [5.74, 6) is 0.716. The van der Waals surface area contributed by atoms with Crippen molar-refractivity contribution in [3.05, 3.63) is 35.9 Å². The van der Waals surface area contributed by atoms with Crippen LogP contribution in [0.4, 0.5) is 0 Å². The van der Waals surface area contributed by atoms with Gasteiger partial charge in [-0.15, -0.1) is 0 Å². The van der Waals surface area contributed by atoms with Gasteiger partial charge >= 0.3 is 0 Å². The molecule has 3 rings (SSSR count). The number of nitrogens with zero attached hydrogens (tertiary/aromatic N) is 2. The number of carbonyl (C=O) groups is 1. The Hall–Kier alpha value is -1.86. The van der Waals surface area contributed by atoms with Crippen molar-refractivity contribution in [2.75, 3.05) is 13.1 Å². The van der Waals surface area contributed by atoms with Gasteiger partial charge in [0.15, 0.2) is 0 Å². The van der Waals surface area contributed by atoms with E-state index in [-0.39, 0.29) is 11.9 Å². The van der Waals surface area contributed by atoms with Gasteiger partial charge in [0.25, 0.3) is 0 Å². The molecule has 1 aliphatic carbocycles. The van der Waals surface area contributed by atoms with Crippen LogP contribution in [0.5, 0.6) is 0 Å². The van der Waals surface area contributed by atoms with E-state index in [2.05, 4.69) is 46.6 Å². The Balaban J connectivity index is 1.47. The van der Waals surface area contributed by atoms with Crippen molar-refractivity contribution < 1.29 is 4.79 Å². The SMILES string of the molecule is CC(C(=O)NC1(C#N)CCC1)N1CCC(Cc2ccccc2)CC1. The zero-order valence-electron chi connectivity index (χ0n) is 14.5. The zero-order chi connectivity index (χ0) is 17.0. The summed E-state index contributed by atoms with van der Waals surface area (Å²) in [6.07, 6.45) is 6.02. The van der Waals surface area contributed by atoms with Crippen LogP contribution in [0.3, 0.4) is 0 Å². The molecule has 1 heterocycles. The molecular weight excluding hydrogens is 298 g/mol. The highest BCUT2D eigenvalue weighted by atomic mass is 16.2. The van der Waals surface area contributed by atoms with Crippen molar-refractivity contribution in [2.45, 2.75) is 57.0 Å². The second-order valence-electron chi connectivity index (χ2n) is 7.38. The molecule has 1 N–H and O–H groups in total. The number of hydrogen-bond donors (Lipinski definition) is 1. The van der Waals surface area contributed by atoms with E-state index >= 15 is 0 Å². The van der Waals surface area contributed by atoms with E-state index in [1.54, 1.807) is 0 Å². The summed E-state index contributed by atoms with van der Waals surface area (Å²) in [7, 11) is 0. The third-order valence-electron chi connectivity index (χ3n) is 5.73. The minimum Gasteiger partial charge on any atom is -0.336 e. The molecule has 2 fully saturated rings. The standard InChI is InChI=1S/C20H27N3O/c1-16(19(24)22-20(15-21)10-5-11-20)23-12-8-18(9-13-23)14-17-6-3-2-4-7-17/h2-4,6-7,16,18H,5,8-14H2,1H3,(H,22,24). The summed E-state index contributed by atoms with van der Waals surface area (Å²) in [5.41, 5.74) is 0.819. The van der Waals surface area contributed by atoms with Crippen LogP contribution in [0.25, 0.3) is 0 Å². The Morgan fingerprint density at radius 1 is 1.33 bits per heavy atom. The smallest absolute Gasteiger partial charge is 0.238 e. The minimum atomic E-state index is -0.586. The lowest BCUT2D eigenvalue weighted by molar-refractivity contribution is -0.128. The van der Waals surface area contributed by atoms with Gasteiger partial charge < -0.3 is 5.32 Å². The van der Waals surface area contributed by atoms with Gasteiger partial charge in [-0.3, -0.25) is 9.69 Å². The lowest BCUT2D eigenvalue weighted by atomic mass is 9.78. The van der Waals surface area contributed by atoms with Gasteiger partial charge in [-0.2, -0.15) is 5.26 Å². The van der Waals surface area contributed by atoms with Gasteiger partial charge in [0.2, 0.25) is 5.91 Å². The zero-order valence-corrected chi connectivity index (χ0v) is 14.5. The van der Waals surface area contributed by atoms with Crippen molar-refractivity contribution in [3.63, 3.8) is 0 Å². The van der Waals surface area contributed by atoms with Crippen LogP contribution in [0, 0.1) is 17.2 Å². The molecule has 24 heavy (non-hydrogen) atoms. The van der Waals surface area contributed by atoms with E-state index in [0.717, 1.165) is 51.6 Å². The van der Waals surface area contributed by atoms with Gasteiger partial charge in [-0.05, 0) is 70.0 Å². The van der Waals surface area contributed by atoms with Gasteiger partial charge in [0.05, 0.1) is 12.1 Å². The van der Waals surface area contributed by atoms with Crippen LogP contribution in [0.15, 0.2) is 30.3 Å². The largest absolute Gasteiger partial charge is 0.336 e. The number of benzene rings is 1. The first kappa shape index (κ1) is 17.0. The maximum absolute atomic E-state index is 12.5. The Morgan fingerprint density at radius 2 is 2.00 bits per heavy atom. The number of nitriles is 1. The molecule has 1 unspecified atom stereocenters. The predicted octanol–water partition coefficient (Wildman–Crippen LogP) is 2.89.